The van der Waals surface area contributed by atoms with E-state index in [0.29, 0.717) is 12.1 Å². The molecule has 0 saturated carbocycles. The summed E-state index contributed by atoms with van der Waals surface area (Å²) >= 11 is 0. The minimum atomic E-state index is -5.48. The Labute approximate surface area is 151 Å². The highest BCUT2D eigenvalue weighted by molar-refractivity contribution is 6.08. The normalized spacial score (nSPS) is 12.4. The molecule has 5 nitrogen and oxygen atoms in total. The molecule has 1 aromatic heterocycles. The maximum atomic E-state index is 13.5. The van der Waals surface area contributed by atoms with Gasteiger partial charge in [-0.15, -0.1) is 0 Å². The van der Waals surface area contributed by atoms with Crippen LogP contribution < -0.4 is 4.43 Å². The smallest absolute Gasteiger partial charge is 0.438 e. The number of hydrogen-bond acceptors (Lipinski definition) is 3. The molecule has 146 valence electrons. The van der Waals surface area contributed by atoms with Crippen LogP contribution in [0.3, 0.4) is 0 Å². The first-order valence-corrected chi connectivity index (χ1v) is 7.50. The summed E-state index contributed by atoms with van der Waals surface area (Å²) < 4.78 is 77.6. The SMILES string of the molecule is O=C(c1ccccc1)c1c(C(F)(F)F)n([O-])c2cc(C(F)(F)F)ccc2[n+]1=O. The van der Waals surface area contributed by atoms with Crippen LogP contribution in [-0.4, -0.2) is 10.5 Å². The van der Waals surface area contributed by atoms with Crippen molar-refractivity contribution in [1.82, 2.24) is 4.73 Å². The van der Waals surface area contributed by atoms with Gasteiger partial charge >= 0.3 is 18.0 Å². The molecule has 3 aromatic rings. The van der Waals surface area contributed by atoms with Gasteiger partial charge in [0.05, 0.1) is 9.99 Å². The van der Waals surface area contributed by atoms with E-state index in [1.54, 1.807) is 0 Å². The number of alkyl halides is 6. The lowest BCUT2D eigenvalue weighted by Crippen LogP contribution is -2.35. The topological polar surface area (TPSA) is 68.0 Å². The molecular weight excluding hydrogens is 394 g/mol. The molecule has 0 radical (unpaired) electrons. The molecule has 0 aliphatic heterocycles. The average molecular weight is 402 g/mol. The zero-order chi connectivity index (χ0) is 20.9. The van der Waals surface area contributed by atoms with Gasteiger partial charge in [-0.05, 0) is 12.1 Å². The van der Waals surface area contributed by atoms with Crippen LogP contribution in [0.5, 0.6) is 0 Å². The summed E-state index contributed by atoms with van der Waals surface area (Å²) in [6, 6.07) is 7.50. The van der Waals surface area contributed by atoms with Crippen LogP contribution in [0, 0.1) is 10.1 Å². The summed E-state index contributed by atoms with van der Waals surface area (Å²) in [5.74, 6) is -1.39. The summed E-state index contributed by atoms with van der Waals surface area (Å²) in [4.78, 5) is 25.0. The molecule has 0 N–H and O–H groups in total. The number of nitrogens with zero attached hydrogens (tertiary/aromatic N) is 2. The monoisotopic (exact) mass is 402 g/mol. The second-order valence-electron chi connectivity index (χ2n) is 5.68. The number of hydrogen-bond donors (Lipinski definition) is 0. The highest BCUT2D eigenvalue weighted by atomic mass is 19.4. The summed E-state index contributed by atoms with van der Waals surface area (Å²) in [7, 11) is 0. The average Bonchev–Trinajstić information content (AvgIpc) is 2.62. The first-order valence-electron chi connectivity index (χ1n) is 7.50. The lowest BCUT2D eigenvalue weighted by Gasteiger charge is -2.21. The van der Waals surface area contributed by atoms with Crippen molar-refractivity contribution in [3.8, 4) is 0 Å². The van der Waals surface area contributed by atoms with Gasteiger partial charge in [0.1, 0.15) is 5.52 Å². The van der Waals surface area contributed by atoms with E-state index >= 15 is 0 Å². The minimum absolute atomic E-state index is 0.128. The van der Waals surface area contributed by atoms with Gasteiger partial charge in [-0.2, -0.15) is 26.3 Å². The van der Waals surface area contributed by atoms with Crippen LogP contribution in [0.25, 0.3) is 11.0 Å². The number of aromatic nitrogens is 2. The van der Waals surface area contributed by atoms with E-state index in [1.165, 1.54) is 18.2 Å². The zero-order valence-electron chi connectivity index (χ0n) is 13.5. The van der Waals surface area contributed by atoms with E-state index in [9.17, 15) is 41.3 Å². The third kappa shape index (κ3) is 3.19. The fraction of sp³-hybridized carbons (Fsp3) is 0.118. The van der Waals surface area contributed by atoms with Crippen LogP contribution in [-0.2, 0) is 12.4 Å². The van der Waals surface area contributed by atoms with Gasteiger partial charge in [-0.1, -0.05) is 30.3 Å². The van der Waals surface area contributed by atoms with Crippen LogP contribution in [0.4, 0.5) is 26.3 Å². The van der Waals surface area contributed by atoms with Crippen LogP contribution in [0.2, 0.25) is 0 Å². The molecule has 0 spiro atoms. The number of carbonyl (C=O) groups is 1. The van der Waals surface area contributed by atoms with Crippen molar-refractivity contribution in [1.29, 1.82) is 0 Å². The van der Waals surface area contributed by atoms with Gasteiger partial charge in [0.15, 0.2) is 0 Å². The third-order valence-corrected chi connectivity index (χ3v) is 3.89. The van der Waals surface area contributed by atoms with Crippen LogP contribution >= 0.6 is 0 Å². The largest absolute Gasteiger partial charge is 0.805 e. The van der Waals surface area contributed by atoms with E-state index in [2.05, 4.69) is 0 Å². The molecule has 1 heterocycles. The van der Waals surface area contributed by atoms with Crippen molar-refractivity contribution in [2.75, 3.05) is 0 Å². The molecule has 0 aliphatic rings. The van der Waals surface area contributed by atoms with Crippen molar-refractivity contribution in [2.45, 2.75) is 12.4 Å². The standard InChI is InChI=1S/C17H8F6N2O3/c18-16(19,20)10-6-7-11-12(8-10)25(28)15(17(21,22)23)13(24(11)27)14(26)9-4-2-1-3-5-9/h1-8H. The quantitative estimate of drug-likeness (QED) is 0.367. The maximum Gasteiger partial charge on any atom is 0.438 e. The van der Waals surface area contributed by atoms with Crippen molar-refractivity contribution in [3.05, 3.63) is 81.2 Å². The zero-order valence-corrected chi connectivity index (χ0v) is 13.5. The van der Waals surface area contributed by atoms with Gasteiger partial charge in [0.2, 0.25) is 5.69 Å². The van der Waals surface area contributed by atoms with Crippen LogP contribution in [0.15, 0.2) is 48.5 Å². The molecule has 28 heavy (non-hydrogen) atoms. The summed E-state index contributed by atoms with van der Waals surface area (Å²) in [5.41, 5.74) is -7.41. The predicted molar refractivity (Wildman–Crippen MR) is 83.9 cm³/mol. The van der Waals surface area contributed by atoms with Crippen molar-refractivity contribution < 1.29 is 35.6 Å². The second kappa shape index (κ2) is 6.36. The number of fused-ring (bicyclic) bond motifs is 1. The predicted octanol–water partition coefficient (Wildman–Crippen LogP) is 4.17. The third-order valence-electron chi connectivity index (χ3n) is 3.89. The molecule has 3 rings (SSSR count). The van der Waals surface area contributed by atoms with E-state index in [1.807, 2.05) is 0 Å². The molecule has 0 atom stereocenters. The van der Waals surface area contributed by atoms with Gasteiger partial charge in [-0.3, -0.25) is 4.79 Å². The Bertz CT molecular complexity index is 1130. The van der Waals surface area contributed by atoms with E-state index in [-0.39, 0.29) is 11.6 Å². The first kappa shape index (κ1) is 19.4. The first-order chi connectivity index (χ1) is 12.9. The molecule has 0 unspecified atom stereocenters. The molecule has 0 aliphatic carbocycles. The van der Waals surface area contributed by atoms with Crippen molar-refractivity contribution in [2.24, 2.45) is 0 Å². The Morgan fingerprint density at radius 1 is 0.929 bits per heavy atom. The Balaban J connectivity index is 2.43. The fourth-order valence-corrected chi connectivity index (χ4v) is 2.64. The summed E-state index contributed by atoms with van der Waals surface area (Å²) in [5, 5.41) is 12.3. The maximum absolute atomic E-state index is 13.5. The number of rotatable bonds is 2. The lowest BCUT2D eigenvalue weighted by molar-refractivity contribution is -0.470. The van der Waals surface area contributed by atoms with Crippen molar-refractivity contribution in [3.63, 3.8) is 0 Å². The highest BCUT2D eigenvalue weighted by Gasteiger charge is 2.45. The Morgan fingerprint density at radius 2 is 1.54 bits per heavy atom. The second-order valence-corrected chi connectivity index (χ2v) is 5.68. The fourth-order valence-electron chi connectivity index (χ4n) is 2.64. The van der Waals surface area contributed by atoms with Gasteiger partial charge in [0.25, 0.3) is 11.3 Å². The molecule has 2 aromatic carbocycles. The minimum Gasteiger partial charge on any atom is -0.805 e. The Kier molecular flexibility index (Phi) is 4.40. The molecule has 11 heteroatoms. The molecule has 0 fully saturated rings. The molecule has 0 bridgehead atoms. The van der Waals surface area contributed by atoms with E-state index in [4.69, 9.17) is 0 Å². The van der Waals surface area contributed by atoms with E-state index in [0.717, 1.165) is 12.1 Å². The van der Waals surface area contributed by atoms with Gasteiger partial charge in [-0.25, -0.2) is 0 Å². The number of halogens is 6. The van der Waals surface area contributed by atoms with E-state index < -0.39 is 55.3 Å². The number of benzene rings is 2. The van der Waals surface area contributed by atoms with Gasteiger partial charge < -0.3 is 9.94 Å². The number of carbonyl (C=O) groups excluding carboxylic acids is 1. The Morgan fingerprint density at radius 3 is 2.07 bits per heavy atom. The lowest BCUT2D eigenvalue weighted by atomic mass is 10.1. The molecule has 0 saturated heterocycles. The Hall–Kier alpha value is -3.37. The molecular formula is C17H8F6N2O3. The van der Waals surface area contributed by atoms with Crippen LogP contribution in [0.1, 0.15) is 27.3 Å². The number of ketones is 1. The molecule has 0 amide bonds. The van der Waals surface area contributed by atoms with Crippen molar-refractivity contribution >= 4 is 16.8 Å². The highest BCUT2D eigenvalue weighted by Crippen LogP contribution is 2.35. The summed E-state index contributed by atoms with van der Waals surface area (Å²) in [6.07, 6.45) is -10.4. The summed E-state index contributed by atoms with van der Waals surface area (Å²) in [6.45, 7) is 0. The van der Waals surface area contributed by atoms with Gasteiger partial charge in [0, 0.05) is 16.5 Å².